The van der Waals surface area contributed by atoms with Crippen molar-refractivity contribution in [2.24, 2.45) is 0 Å². The van der Waals surface area contributed by atoms with Gasteiger partial charge in [-0.3, -0.25) is 10.1 Å². The van der Waals surface area contributed by atoms with Crippen LogP contribution in [0.1, 0.15) is 16.7 Å². The van der Waals surface area contributed by atoms with E-state index in [9.17, 15) is 10.1 Å². The molecule has 21 heavy (non-hydrogen) atoms. The predicted molar refractivity (Wildman–Crippen MR) is 80.0 cm³/mol. The Hall–Kier alpha value is -2.11. The summed E-state index contributed by atoms with van der Waals surface area (Å²) in [5.41, 5.74) is 1.91. The Kier molecular flexibility index (Phi) is 4.45. The van der Waals surface area contributed by atoms with Crippen LogP contribution in [-0.2, 0) is 6.61 Å². The predicted octanol–water partition coefficient (Wildman–Crippen LogP) is 4.15. The maximum Gasteiger partial charge on any atom is 0.272 e. The molecule has 0 aliphatic heterocycles. The fourth-order valence-corrected chi connectivity index (χ4v) is 2.17. The largest absolute Gasteiger partial charge is 0.456 e. The van der Waals surface area contributed by atoms with Crippen LogP contribution in [0.3, 0.4) is 0 Å². The lowest BCUT2D eigenvalue weighted by Crippen LogP contribution is -1.96. The van der Waals surface area contributed by atoms with Crippen molar-refractivity contribution >= 4 is 17.3 Å². The number of nitro benzene ring substituents is 1. The molecule has 0 aromatic heterocycles. The number of ether oxygens (including phenoxy) is 1. The molecule has 0 spiro atoms. The van der Waals surface area contributed by atoms with Crippen molar-refractivity contribution < 1.29 is 14.8 Å². The van der Waals surface area contributed by atoms with Crippen LogP contribution in [-0.4, -0.2) is 10.0 Å². The molecule has 0 saturated carbocycles. The molecule has 0 heterocycles. The zero-order chi connectivity index (χ0) is 15.6. The Morgan fingerprint density at radius 3 is 2.48 bits per heavy atom. The van der Waals surface area contributed by atoms with Gasteiger partial charge in [0.2, 0.25) is 0 Å². The summed E-state index contributed by atoms with van der Waals surface area (Å²) in [6.45, 7) is 3.29. The lowest BCUT2D eigenvalue weighted by Gasteiger charge is -2.12. The van der Waals surface area contributed by atoms with E-state index in [4.69, 9.17) is 21.4 Å². The average molecular weight is 308 g/mol. The molecular formula is C15H14ClNO4. The fraction of sp³-hybridized carbons (Fsp3) is 0.200. The van der Waals surface area contributed by atoms with Crippen LogP contribution in [0, 0.1) is 24.0 Å². The van der Waals surface area contributed by atoms with E-state index in [-0.39, 0.29) is 12.3 Å². The van der Waals surface area contributed by atoms with E-state index in [2.05, 4.69) is 0 Å². The molecule has 0 amide bonds. The third-order valence-electron chi connectivity index (χ3n) is 3.09. The number of benzene rings is 2. The van der Waals surface area contributed by atoms with Gasteiger partial charge < -0.3 is 9.84 Å². The van der Waals surface area contributed by atoms with Gasteiger partial charge in [0.1, 0.15) is 11.5 Å². The quantitative estimate of drug-likeness (QED) is 0.680. The molecule has 2 aromatic rings. The van der Waals surface area contributed by atoms with Gasteiger partial charge in [0, 0.05) is 11.6 Å². The van der Waals surface area contributed by atoms with Crippen molar-refractivity contribution in [1.29, 1.82) is 0 Å². The van der Waals surface area contributed by atoms with Gasteiger partial charge in [-0.25, -0.2) is 0 Å². The second-order valence-corrected chi connectivity index (χ2v) is 5.09. The van der Waals surface area contributed by atoms with E-state index in [0.717, 1.165) is 0 Å². The third kappa shape index (κ3) is 3.32. The molecule has 5 nitrogen and oxygen atoms in total. The number of halogens is 1. The minimum Gasteiger partial charge on any atom is -0.456 e. The summed E-state index contributed by atoms with van der Waals surface area (Å²) in [6, 6.07) is 8.06. The van der Waals surface area contributed by atoms with E-state index >= 15 is 0 Å². The normalized spacial score (nSPS) is 10.5. The van der Waals surface area contributed by atoms with Crippen LogP contribution in [0.5, 0.6) is 11.5 Å². The molecule has 0 unspecified atom stereocenters. The second-order valence-electron chi connectivity index (χ2n) is 4.69. The Bertz CT molecular complexity index is 700. The Labute approximate surface area is 126 Å². The summed E-state index contributed by atoms with van der Waals surface area (Å²) in [7, 11) is 0. The van der Waals surface area contributed by atoms with E-state index in [1.165, 1.54) is 6.07 Å². The van der Waals surface area contributed by atoms with E-state index in [1.54, 1.807) is 38.1 Å². The van der Waals surface area contributed by atoms with Gasteiger partial charge in [-0.2, -0.15) is 0 Å². The summed E-state index contributed by atoms with van der Waals surface area (Å²) in [4.78, 5) is 10.5. The van der Waals surface area contributed by atoms with Crippen LogP contribution in [0.2, 0.25) is 5.02 Å². The van der Waals surface area contributed by atoms with Gasteiger partial charge >= 0.3 is 0 Å². The van der Waals surface area contributed by atoms with Gasteiger partial charge in [-0.1, -0.05) is 17.7 Å². The minimum absolute atomic E-state index is 0.0570. The molecule has 0 aliphatic carbocycles. The van der Waals surface area contributed by atoms with Crippen molar-refractivity contribution in [1.82, 2.24) is 0 Å². The molecular weight excluding hydrogens is 294 g/mol. The highest BCUT2D eigenvalue weighted by Crippen LogP contribution is 2.34. The van der Waals surface area contributed by atoms with Gasteiger partial charge in [0.25, 0.3) is 5.69 Å². The number of aliphatic hydroxyl groups is 1. The summed E-state index contributed by atoms with van der Waals surface area (Å²) < 4.78 is 5.72. The molecule has 1 N–H and O–H groups in total. The smallest absolute Gasteiger partial charge is 0.272 e. The monoisotopic (exact) mass is 307 g/mol. The van der Waals surface area contributed by atoms with Crippen molar-refractivity contribution in [2.75, 3.05) is 0 Å². The minimum atomic E-state index is -0.421. The Morgan fingerprint density at radius 2 is 1.90 bits per heavy atom. The van der Waals surface area contributed by atoms with E-state index < -0.39 is 4.92 Å². The molecule has 0 radical (unpaired) electrons. The van der Waals surface area contributed by atoms with Crippen molar-refractivity contribution in [3.63, 3.8) is 0 Å². The molecule has 0 atom stereocenters. The first-order valence-electron chi connectivity index (χ1n) is 6.25. The van der Waals surface area contributed by atoms with Crippen molar-refractivity contribution in [3.05, 3.63) is 62.2 Å². The molecule has 0 fully saturated rings. The van der Waals surface area contributed by atoms with Crippen LogP contribution >= 0.6 is 11.6 Å². The molecule has 0 bridgehead atoms. The van der Waals surface area contributed by atoms with Crippen LogP contribution in [0.25, 0.3) is 0 Å². The Morgan fingerprint density at radius 1 is 1.19 bits per heavy atom. The maximum atomic E-state index is 10.9. The highest BCUT2D eigenvalue weighted by Gasteiger charge is 2.15. The van der Waals surface area contributed by atoms with Crippen LogP contribution < -0.4 is 4.74 Å². The number of nitrogens with zero attached hydrogens (tertiary/aromatic N) is 1. The third-order valence-corrected chi connectivity index (χ3v) is 3.38. The molecule has 2 aromatic carbocycles. The molecule has 2 rings (SSSR count). The number of aryl methyl sites for hydroxylation is 2. The van der Waals surface area contributed by atoms with Gasteiger partial charge in [-0.05, 0) is 43.2 Å². The standard InChI is InChI=1S/C15H14ClNO4/c1-9-6-15(10(2)5-13(9)17(19)20)21-14-4-3-11(8-18)7-12(14)16/h3-7,18H,8H2,1-2H3. The molecule has 0 saturated heterocycles. The van der Waals surface area contributed by atoms with Crippen molar-refractivity contribution in [2.45, 2.75) is 20.5 Å². The van der Waals surface area contributed by atoms with Gasteiger partial charge in [0.05, 0.1) is 16.6 Å². The Balaban J connectivity index is 2.36. The summed E-state index contributed by atoms with van der Waals surface area (Å²) >= 11 is 6.09. The highest BCUT2D eigenvalue weighted by atomic mass is 35.5. The number of nitro groups is 1. The molecule has 6 heteroatoms. The van der Waals surface area contributed by atoms with Gasteiger partial charge in [0.15, 0.2) is 0 Å². The summed E-state index contributed by atoms with van der Waals surface area (Å²) in [6.07, 6.45) is 0. The number of hydrogen-bond acceptors (Lipinski definition) is 4. The van der Waals surface area contributed by atoms with E-state index in [0.29, 0.717) is 33.2 Å². The van der Waals surface area contributed by atoms with Crippen molar-refractivity contribution in [3.8, 4) is 11.5 Å². The van der Waals surface area contributed by atoms with Gasteiger partial charge in [-0.15, -0.1) is 0 Å². The SMILES string of the molecule is Cc1cc([N+](=O)[O-])c(C)cc1Oc1ccc(CO)cc1Cl. The lowest BCUT2D eigenvalue weighted by atomic mass is 10.1. The highest BCUT2D eigenvalue weighted by molar-refractivity contribution is 6.32. The average Bonchev–Trinajstić information content (AvgIpc) is 2.44. The lowest BCUT2D eigenvalue weighted by molar-refractivity contribution is -0.385. The number of rotatable bonds is 4. The summed E-state index contributed by atoms with van der Waals surface area (Å²) in [5, 5.41) is 20.3. The zero-order valence-corrected chi connectivity index (χ0v) is 12.3. The van der Waals surface area contributed by atoms with Crippen LogP contribution in [0.4, 0.5) is 5.69 Å². The fourth-order valence-electron chi connectivity index (χ4n) is 1.93. The second kappa shape index (κ2) is 6.11. The number of aliphatic hydroxyl groups excluding tert-OH is 1. The molecule has 110 valence electrons. The first kappa shape index (κ1) is 15.3. The topological polar surface area (TPSA) is 72.6 Å². The molecule has 0 aliphatic rings. The van der Waals surface area contributed by atoms with E-state index in [1.807, 2.05) is 0 Å². The first-order chi connectivity index (χ1) is 9.92. The zero-order valence-electron chi connectivity index (χ0n) is 11.6. The first-order valence-corrected chi connectivity index (χ1v) is 6.63. The summed E-state index contributed by atoms with van der Waals surface area (Å²) in [5.74, 6) is 0.946. The van der Waals surface area contributed by atoms with Crippen LogP contribution in [0.15, 0.2) is 30.3 Å². The maximum absolute atomic E-state index is 10.9. The number of hydrogen-bond donors (Lipinski definition) is 1.